The minimum absolute atomic E-state index is 0.0216. The molecule has 0 aliphatic rings. The maximum absolute atomic E-state index is 13.7. The lowest BCUT2D eigenvalue weighted by Crippen LogP contribution is -2.55. The minimum atomic E-state index is -0.980. The lowest BCUT2D eigenvalue weighted by Gasteiger charge is -2.37. The van der Waals surface area contributed by atoms with Crippen molar-refractivity contribution in [1.29, 1.82) is 0 Å². The minimum Gasteiger partial charge on any atom is -0.349 e. The van der Waals surface area contributed by atoms with Crippen LogP contribution in [0.4, 0.5) is 9.59 Å². The third-order valence-electron chi connectivity index (χ3n) is 6.11. The van der Waals surface area contributed by atoms with Crippen LogP contribution in [0.1, 0.15) is 78.6 Å². The van der Waals surface area contributed by atoms with Gasteiger partial charge in [-0.3, -0.25) is 9.59 Å². The largest absolute Gasteiger partial charge is 0.349 e. The Hall–Kier alpha value is -4.08. The first-order valence-electron chi connectivity index (χ1n) is 14.5. The van der Waals surface area contributed by atoms with E-state index in [1.54, 1.807) is 38.1 Å². The van der Waals surface area contributed by atoms with Gasteiger partial charge < -0.3 is 31.1 Å². The van der Waals surface area contributed by atoms with Crippen molar-refractivity contribution >= 4 is 23.9 Å². The van der Waals surface area contributed by atoms with Crippen LogP contribution in [0.5, 0.6) is 0 Å². The number of nitrogens with one attached hydrogen (secondary N) is 4. The second kappa shape index (κ2) is 15.2. The number of hydrogen-bond donors (Lipinski definition) is 4. The van der Waals surface area contributed by atoms with Crippen molar-refractivity contribution in [2.75, 3.05) is 26.2 Å². The summed E-state index contributed by atoms with van der Waals surface area (Å²) in [4.78, 5) is 57.4. The second-order valence-electron chi connectivity index (χ2n) is 12.2. The first-order valence-corrected chi connectivity index (χ1v) is 14.5. The summed E-state index contributed by atoms with van der Waals surface area (Å²) in [6.07, 6.45) is 0. The molecule has 0 saturated carbocycles. The summed E-state index contributed by atoms with van der Waals surface area (Å²) in [5.41, 5.74) is 0.154. The molecule has 0 heterocycles. The number of amides is 6. The van der Waals surface area contributed by atoms with Gasteiger partial charge >= 0.3 is 12.1 Å². The van der Waals surface area contributed by atoms with Crippen molar-refractivity contribution in [1.82, 2.24) is 31.1 Å². The van der Waals surface area contributed by atoms with Crippen LogP contribution in [0.25, 0.3) is 0 Å². The Balaban J connectivity index is 2.60. The van der Waals surface area contributed by atoms with E-state index >= 15 is 0 Å². The Labute approximate surface area is 250 Å². The van der Waals surface area contributed by atoms with E-state index < -0.39 is 35.2 Å². The van der Waals surface area contributed by atoms with E-state index in [0.29, 0.717) is 24.2 Å². The Kier molecular flexibility index (Phi) is 12.4. The highest BCUT2D eigenvalue weighted by Crippen LogP contribution is 2.26. The third kappa shape index (κ3) is 10.4. The third-order valence-corrected chi connectivity index (χ3v) is 6.11. The highest BCUT2D eigenvalue weighted by atomic mass is 16.2. The van der Waals surface area contributed by atoms with Crippen molar-refractivity contribution in [2.24, 2.45) is 0 Å². The number of urea groups is 2. The lowest BCUT2D eigenvalue weighted by molar-refractivity contribution is -0.129. The average Bonchev–Trinajstić information content (AvgIpc) is 2.89. The summed E-state index contributed by atoms with van der Waals surface area (Å²) in [7, 11) is 0. The molecule has 0 saturated heterocycles. The van der Waals surface area contributed by atoms with Gasteiger partial charge in [0.2, 0.25) is 11.8 Å². The monoisotopic (exact) mass is 580 g/mol. The maximum atomic E-state index is 13.7. The van der Waals surface area contributed by atoms with Gasteiger partial charge in [0.05, 0.1) is 0 Å². The molecule has 0 spiro atoms. The first-order chi connectivity index (χ1) is 19.7. The lowest BCUT2D eigenvalue weighted by atomic mass is 10.0. The fraction of sp³-hybridized carbons (Fsp3) is 0.500. The van der Waals surface area contributed by atoms with Gasteiger partial charge in [-0.25, -0.2) is 9.59 Å². The Morgan fingerprint density at radius 3 is 1.17 bits per heavy atom. The van der Waals surface area contributed by atoms with E-state index in [9.17, 15) is 19.2 Å². The molecule has 0 aromatic heterocycles. The standard InChI is InChI=1S/C32H48N6O4/c1-9-33-29(41)37(25(23-17-13-11-14-18-23)27(39)35-31(3,4)5)21-22-38(30(42)34-10-2)26(24-19-15-12-16-20-24)28(40)36-32(6,7)8/h11-20,25-26H,9-10,21-22H2,1-8H3,(H,33,41)(H,34,42)(H,35,39)(H,36,40). The van der Waals surface area contributed by atoms with Gasteiger partial charge in [-0.15, -0.1) is 0 Å². The van der Waals surface area contributed by atoms with E-state index in [2.05, 4.69) is 21.3 Å². The molecule has 2 rings (SSSR count). The van der Waals surface area contributed by atoms with Crippen molar-refractivity contribution < 1.29 is 19.2 Å². The number of hydrogen-bond acceptors (Lipinski definition) is 4. The number of benzene rings is 2. The average molecular weight is 581 g/mol. The molecule has 10 nitrogen and oxygen atoms in total. The zero-order valence-electron chi connectivity index (χ0n) is 26.3. The smallest absolute Gasteiger partial charge is 0.318 e. The molecule has 4 N–H and O–H groups in total. The van der Waals surface area contributed by atoms with Crippen LogP contribution in [0.15, 0.2) is 60.7 Å². The molecule has 0 aliphatic heterocycles. The highest BCUT2D eigenvalue weighted by molar-refractivity contribution is 5.90. The molecule has 6 amide bonds. The predicted molar refractivity (Wildman–Crippen MR) is 166 cm³/mol. The van der Waals surface area contributed by atoms with Crippen LogP contribution in [-0.4, -0.2) is 70.9 Å². The van der Waals surface area contributed by atoms with Crippen molar-refractivity contribution in [3.63, 3.8) is 0 Å². The fourth-order valence-corrected chi connectivity index (χ4v) is 4.51. The SMILES string of the molecule is CCNC(=O)N(CCN(C(=O)NCC)C(C(=O)NC(C)(C)C)c1ccccc1)C(C(=O)NC(C)(C)C)c1ccccc1. The van der Waals surface area contributed by atoms with Gasteiger partial charge in [0, 0.05) is 37.3 Å². The molecule has 230 valence electrons. The van der Waals surface area contributed by atoms with Crippen LogP contribution in [0, 0.1) is 0 Å². The number of carbonyl (C=O) groups is 4. The van der Waals surface area contributed by atoms with E-state index in [4.69, 9.17) is 0 Å². The maximum Gasteiger partial charge on any atom is 0.318 e. The van der Waals surface area contributed by atoms with Gasteiger partial charge in [0.15, 0.2) is 0 Å². The van der Waals surface area contributed by atoms with Crippen LogP contribution in [0.3, 0.4) is 0 Å². The summed E-state index contributed by atoms with van der Waals surface area (Å²) in [6, 6.07) is 15.2. The Morgan fingerprint density at radius 1 is 0.595 bits per heavy atom. The number of carbonyl (C=O) groups excluding carboxylic acids is 4. The summed E-state index contributed by atoms with van der Waals surface area (Å²) < 4.78 is 0. The molecular formula is C32H48N6O4. The van der Waals surface area contributed by atoms with Crippen LogP contribution in [0.2, 0.25) is 0 Å². The molecule has 0 bridgehead atoms. The zero-order valence-corrected chi connectivity index (χ0v) is 26.3. The van der Waals surface area contributed by atoms with E-state index in [0.717, 1.165) is 0 Å². The molecule has 2 aromatic carbocycles. The summed E-state index contributed by atoms with van der Waals surface area (Å²) in [6.45, 7) is 15.5. The van der Waals surface area contributed by atoms with Crippen LogP contribution >= 0.6 is 0 Å². The molecule has 10 heteroatoms. The molecular weight excluding hydrogens is 532 g/mol. The Morgan fingerprint density at radius 2 is 0.905 bits per heavy atom. The van der Waals surface area contributed by atoms with Gasteiger partial charge in [-0.2, -0.15) is 0 Å². The molecule has 0 aliphatic carbocycles. The number of rotatable bonds is 11. The molecule has 0 radical (unpaired) electrons. The molecule has 0 fully saturated rings. The van der Waals surface area contributed by atoms with Gasteiger partial charge in [0.1, 0.15) is 12.1 Å². The summed E-state index contributed by atoms with van der Waals surface area (Å²) in [5, 5.41) is 11.6. The quantitative estimate of drug-likeness (QED) is 0.315. The van der Waals surface area contributed by atoms with Crippen molar-refractivity contribution in [3.8, 4) is 0 Å². The van der Waals surface area contributed by atoms with Gasteiger partial charge in [-0.1, -0.05) is 60.7 Å². The Bertz CT molecular complexity index is 1080. The molecule has 2 atom stereocenters. The van der Waals surface area contributed by atoms with E-state index in [1.807, 2.05) is 77.9 Å². The molecule has 2 unspecified atom stereocenters. The first kappa shape index (κ1) is 34.1. The van der Waals surface area contributed by atoms with Crippen LogP contribution in [-0.2, 0) is 9.59 Å². The summed E-state index contributed by atoms with van der Waals surface area (Å²) >= 11 is 0. The molecule has 42 heavy (non-hydrogen) atoms. The normalized spacial score (nSPS) is 12.9. The van der Waals surface area contributed by atoms with E-state index in [-0.39, 0.29) is 24.9 Å². The van der Waals surface area contributed by atoms with E-state index in [1.165, 1.54) is 9.80 Å². The zero-order chi connectivity index (χ0) is 31.5. The van der Waals surface area contributed by atoms with Gasteiger partial charge in [0.25, 0.3) is 0 Å². The topological polar surface area (TPSA) is 123 Å². The van der Waals surface area contributed by atoms with Crippen molar-refractivity contribution in [2.45, 2.75) is 78.6 Å². The van der Waals surface area contributed by atoms with Crippen LogP contribution < -0.4 is 21.3 Å². The second-order valence-corrected chi connectivity index (χ2v) is 12.2. The highest BCUT2D eigenvalue weighted by Gasteiger charge is 2.37. The number of nitrogens with zero attached hydrogens (tertiary/aromatic N) is 2. The fourth-order valence-electron chi connectivity index (χ4n) is 4.51. The van der Waals surface area contributed by atoms with Crippen molar-refractivity contribution in [3.05, 3.63) is 71.8 Å². The predicted octanol–water partition coefficient (Wildman–Crippen LogP) is 4.36. The molecule has 2 aromatic rings. The summed E-state index contributed by atoms with van der Waals surface area (Å²) in [5.74, 6) is -0.704. The van der Waals surface area contributed by atoms with Gasteiger partial charge in [-0.05, 0) is 66.5 Å².